The van der Waals surface area contributed by atoms with E-state index in [1.54, 1.807) is 58.1 Å². The number of hydrogen-bond donors (Lipinski definition) is 3. The molecule has 8 aromatic carbocycles. The molecule has 2 aromatic heterocycles. The van der Waals surface area contributed by atoms with E-state index >= 15 is 9.59 Å². The van der Waals surface area contributed by atoms with E-state index in [0.29, 0.717) is 72.7 Å². The van der Waals surface area contributed by atoms with E-state index in [1.807, 2.05) is 192 Å². The molecule has 10 aromatic rings. The maximum atomic E-state index is 15.9. The number of aromatic nitrogens is 4. The minimum absolute atomic E-state index is 0.170. The molecule has 0 aliphatic carbocycles. The van der Waals surface area contributed by atoms with Gasteiger partial charge in [0.15, 0.2) is 30.1 Å². The Labute approximate surface area is 714 Å². The highest BCUT2D eigenvalue weighted by Crippen LogP contribution is 2.50. The van der Waals surface area contributed by atoms with Gasteiger partial charge < -0.3 is 95.9 Å². The molecule has 122 heavy (non-hydrogen) atoms. The van der Waals surface area contributed by atoms with E-state index < -0.39 is 89.4 Å². The number of fused-ring (bicyclic) bond motifs is 4. The van der Waals surface area contributed by atoms with Crippen LogP contribution in [0.15, 0.2) is 206 Å². The highest BCUT2D eigenvalue weighted by molar-refractivity contribution is 7.53. The topological polar surface area (TPSA) is 304 Å². The number of anilines is 2. The zero-order chi connectivity index (χ0) is 85.6. The minimum atomic E-state index is -3.49. The van der Waals surface area contributed by atoms with Gasteiger partial charge in [-0.05, 0) is 188 Å². The van der Waals surface area contributed by atoms with Crippen LogP contribution in [0, 0.1) is 0 Å². The molecule has 6 saturated heterocycles. The molecule has 16 rings (SSSR count). The predicted octanol–water partition coefficient (Wildman–Crippen LogP) is 14.1. The summed E-state index contributed by atoms with van der Waals surface area (Å²) >= 11 is 0. The number of rotatable bonds is 35. The van der Waals surface area contributed by atoms with Crippen molar-refractivity contribution in [1.82, 2.24) is 39.0 Å². The third-order valence-electron chi connectivity index (χ3n) is 22.6. The molecule has 8 heterocycles. The number of nitrogens with zero attached hydrogens (tertiary/aromatic N) is 9. The molecular weight excluding hydrogens is 1590 g/mol. The Morgan fingerprint density at radius 1 is 0.443 bits per heavy atom. The zero-order valence-corrected chi connectivity index (χ0v) is 72.6. The Morgan fingerprint density at radius 3 is 1.07 bits per heavy atom. The molecule has 28 nitrogen and oxygen atoms in total. The van der Waals surface area contributed by atoms with Gasteiger partial charge >= 0.3 is 55.5 Å². The lowest BCUT2D eigenvalue weighted by Gasteiger charge is -2.37. The average Bonchev–Trinajstić information content (AvgIpc) is 1.60. The first-order valence-electron chi connectivity index (χ1n) is 42.2. The third-order valence-corrected chi connectivity index (χ3v) is 26.1. The third kappa shape index (κ3) is 20.5. The fraction of sp³-hybridized carbons (Fsp3) is 0.409. The van der Waals surface area contributed by atoms with Crippen molar-refractivity contribution in [1.29, 1.82) is 0 Å². The van der Waals surface area contributed by atoms with Gasteiger partial charge in [0.25, 0.3) is 0 Å². The summed E-state index contributed by atoms with van der Waals surface area (Å²) in [6.45, 7) is 21.0. The van der Waals surface area contributed by atoms with Gasteiger partial charge in [0.05, 0.1) is 74.6 Å². The second kappa shape index (κ2) is 38.0. The lowest BCUT2D eigenvalue weighted by Crippen LogP contribution is -2.51. The monoisotopic (exact) mass is 1700 g/mol. The van der Waals surface area contributed by atoms with Crippen LogP contribution in [0.5, 0.6) is 11.5 Å². The standard InChI is InChI=1S/C45H55B3N5O10P.C43H53BN5O8P/c1-6-60-64(56,61-7-2)31-57-36-20-14-19-34(23-36)27-50-39(25-32-15-10-8-11-16-32)41-42(63-45(3,4)62-41)40(26-33-17-12-9-13-18-33)51(44(50)54)28-35-21-22-38-37(24-35)43(49-53(38)46(5)55)52(47-29-58-47)48-30-59-48;1-6-54-58(52,55-7-2)29-53-34-20-14-19-32(23-34)27-47-37(25-30-15-10-8-11-16-30)39-40(57-43(3,4)56-39)38(26-31-17-12-9-13-18-31)48(42(47)50)28-33-21-22-36-35(24-33)41(45)46-49(36)44(5)51/h8-24,39-42,55H,6-7,25-31H2,1-5H3;8-24,37-40,51H,6-7,25-29H2,1-5H3,(H2,45,46)/t39-,40-,41+,42+;37-,38-,39+,40+/m11/s1. The molecule has 6 aliphatic rings. The number of carbonyl (C=O) groups is 2. The molecule has 0 spiro atoms. The molecule has 0 radical (unpaired) electrons. The second-order valence-corrected chi connectivity index (χ2v) is 36.5. The summed E-state index contributed by atoms with van der Waals surface area (Å²) in [7, 11) is -9.06. The van der Waals surface area contributed by atoms with Gasteiger partial charge in [-0.25, -0.2) is 9.59 Å². The molecule has 8 atom stereocenters. The van der Waals surface area contributed by atoms with E-state index in [4.69, 9.17) is 66.7 Å². The summed E-state index contributed by atoms with van der Waals surface area (Å²) in [5.41, 5.74) is 15.4. The van der Waals surface area contributed by atoms with E-state index in [2.05, 4.69) is 59.7 Å². The van der Waals surface area contributed by atoms with Crippen molar-refractivity contribution >= 4 is 88.9 Å². The van der Waals surface area contributed by atoms with Crippen molar-refractivity contribution in [2.45, 2.75) is 181 Å². The van der Waals surface area contributed by atoms with Crippen molar-refractivity contribution in [3.63, 3.8) is 0 Å². The molecule has 0 bridgehead atoms. The van der Waals surface area contributed by atoms with E-state index in [9.17, 15) is 19.2 Å². The first kappa shape index (κ1) is 87.6. The highest BCUT2D eigenvalue weighted by atomic mass is 31.2. The van der Waals surface area contributed by atoms with Crippen molar-refractivity contribution in [3.8, 4) is 11.5 Å². The number of amides is 4. The lowest BCUT2D eigenvalue weighted by molar-refractivity contribution is -0.158. The van der Waals surface area contributed by atoms with E-state index in [0.717, 1.165) is 55.4 Å². The van der Waals surface area contributed by atoms with Crippen LogP contribution >= 0.6 is 15.2 Å². The van der Waals surface area contributed by atoms with Crippen molar-refractivity contribution in [3.05, 3.63) is 251 Å². The molecule has 6 aliphatic heterocycles. The van der Waals surface area contributed by atoms with Crippen LogP contribution in [-0.4, -0.2) is 202 Å². The predicted molar refractivity (Wildman–Crippen MR) is 470 cm³/mol. The first-order valence-corrected chi connectivity index (χ1v) is 45.6. The SMILES string of the molecule is CCOP(=O)(COc1cccc(CN2C(=O)N(Cc3ccc4c(c3)c(N(B3CO3)B3CO3)nn4B(C)O)[C@H](Cc3ccccc3)[C@@H]3OC(C)(C)O[C@H]3[C@H]2Cc2ccccc2)c1)OCC.CCOP(=O)(COc1cccc(CN2C(=O)N(Cc3ccc4c(c3)c(N)nn4B(C)O)[C@H](Cc3ccccc3)[C@@H]3OC(C)(C)O[C@H]3[C@H]2Cc2ccccc2)c1)OCC. The van der Waals surface area contributed by atoms with Crippen LogP contribution in [0.4, 0.5) is 21.2 Å². The largest absolute Gasteiger partial charge is 0.481 e. The van der Waals surface area contributed by atoms with Gasteiger partial charge in [0.1, 0.15) is 41.7 Å². The van der Waals surface area contributed by atoms with Gasteiger partial charge in [-0.3, -0.25) is 18.3 Å². The fourth-order valence-corrected chi connectivity index (χ4v) is 19.9. The van der Waals surface area contributed by atoms with E-state index in [-0.39, 0.29) is 91.5 Å². The number of benzene rings is 8. The van der Waals surface area contributed by atoms with Crippen LogP contribution in [0.1, 0.15) is 99.9 Å². The van der Waals surface area contributed by atoms with Crippen molar-refractivity contribution in [2.24, 2.45) is 0 Å². The first-order chi connectivity index (χ1) is 58.8. The van der Waals surface area contributed by atoms with Crippen LogP contribution in [0.2, 0.25) is 13.6 Å². The Bertz CT molecular complexity index is 5310. The Balaban J connectivity index is 0.000000191. The highest BCUT2D eigenvalue weighted by Gasteiger charge is 2.58. The van der Waals surface area contributed by atoms with Crippen molar-refractivity contribution in [2.75, 3.05) is 62.6 Å². The fourth-order valence-electron chi connectivity index (χ4n) is 17.3. The average molecular weight is 1700 g/mol. The van der Waals surface area contributed by atoms with Crippen LogP contribution in [0.25, 0.3) is 21.8 Å². The van der Waals surface area contributed by atoms with Gasteiger partial charge in [-0.2, -0.15) is 10.2 Å². The van der Waals surface area contributed by atoms with Gasteiger partial charge in [0.2, 0.25) is 0 Å². The molecule has 6 fully saturated rings. The molecule has 0 saturated carbocycles. The molecular formula is C88H108B4N10O18P2. The summed E-state index contributed by atoms with van der Waals surface area (Å²) in [6, 6.07) is 65.2. The smallest absolute Gasteiger partial charge is 0.431 e. The number of nitrogen functional groups attached to an aromatic ring is 1. The number of carbonyl (C=O) groups excluding carboxylic acids is 2. The second-order valence-electron chi connectivity index (χ2n) is 32.5. The van der Waals surface area contributed by atoms with Crippen molar-refractivity contribution < 1.29 is 84.6 Å². The molecule has 0 unspecified atom stereocenters. The minimum Gasteiger partial charge on any atom is -0.481 e. The molecule has 34 heteroatoms. The maximum Gasteiger partial charge on any atom is 0.431 e. The summed E-state index contributed by atoms with van der Waals surface area (Å²) in [5.74, 6) is 0.0268. The molecule has 4 amide bonds. The van der Waals surface area contributed by atoms with E-state index in [1.165, 1.54) is 4.59 Å². The number of hydrogen-bond acceptors (Lipinski definition) is 22. The van der Waals surface area contributed by atoms with Crippen LogP contribution in [0.3, 0.4) is 0 Å². The summed E-state index contributed by atoms with van der Waals surface area (Å²) < 4.78 is 105. The van der Waals surface area contributed by atoms with Gasteiger partial charge in [-0.15, -0.1) is 0 Å². The summed E-state index contributed by atoms with van der Waals surface area (Å²) in [6.07, 6.45) is -0.449. The van der Waals surface area contributed by atoms with Crippen LogP contribution in [-0.2, 0) is 107 Å². The number of nitrogens with two attached hydrogens (primary N) is 1. The number of ether oxygens (including phenoxy) is 6. The summed E-state index contributed by atoms with van der Waals surface area (Å²) in [4.78, 5) is 39.2. The normalized spacial score (nSPS) is 21.1. The molecule has 640 valence electrons. The Morgan fingerprint density at radius 2 is 0.746 bits per heavy atom. The van der Waals surface area contributed by atoms with Crippen LogP contribution < -0.4 is 19.9 Å². The lowest BCUT2D eigenvalue weighted by atomic mass is 9.76. The maximum absolute atomic E-state index is 15.9. The quantitative estimate of drug-likeness (QED) is 0.0189. The molecule has 4 N–H and O–H groups in total. The van der Waals surface area contributed by atoms with Gasteiger partial charge in [-0.1, -0.05) is 158 Å². The Kier molecular flexibility index (Phi) is 27.3. The zero-order valence-electron chi connectivity index (χ0n) is 70.8. The Hall–Kier alpha value is -9.32. The summed E-state index contributed by atoms with van der Waals surface area (Å²) in [5, 5.41) is 32.0. The number of urea groups is 2. The van der Waals surface area contributed by atoms with Gasteiger partial charge in [0, 0.05) is 37.0 Å².